The molecule has 0 amide bonds. The van der Waals surface area contributed by atoms with E-state index in [9.17, 15) is 0 Å². The van der Waals surface area contributed by atoms with Crippen molar-refractivity contribution in [2.75, 3.05) is 0 Å². The van der Waals surface area contributed by atoms with Gasteiger partial charge in [0.15, 0.2) is 0 Å². The Morgan fingerprint density at radius 2 is 2.08 bits per heavy atom. The molecule has 0 aliphatic rings. The van der Waals surface area contributed by atoms with E-state index in [0.29, 0.717) is 11.7 Å². The molecule has 0 spiro atoms. The van der Waals surface area contributed by atoms with Crippen molar-refractivity contribution in [3.8, 4) is 0 Å². The zero-order chi connectivity index (χ0) is 8.93. The predicted octanol–water partition coefficient (Wildman–Crippen LogP) is 1.82. The van der Waals surface area contributed by atoms with Crippen LogP contribution in [-0.4, -0.2) is 16.2 Å². The standard InChI is InChI=1S/C9H7N3O/c1-3-8(13-6-1)7-12-9-10-4-2-5-11-9/h1-7H. The minimum Gasteiger partial charge on any atom is -0.463 e. The molecule has 2 aromatic heterocycles. The van der Waals surface area contributed by atoms with Gasteiger partial charge in [0.05, 0.1) is 12.5 Å². The van der Waals surface area contributed by atoms with Crippen molar-refractivity contribution >= 4 is 12.2 Å². The SMILES string of the molecule is C(=Nc1ncccn1)c1ccco1. The van der Waals surface area contributed by atoms with E-state index in [1.807, 2.05) is 6.07 Å². The second-order valence-electron chi connectivity index (χ2n) is 2.32. The van der Waals surface area contributed by atoms with Gasteiger partial charge in [0, 0.05) is 12.4 Å². The Labute approximate surface area is 75.0 Å². The van der Waals surface area contributed by atoms with Crippen molar-refractivity contribution in [2.45, 2.75) is 0 Å². The van der Waals surface area contributed by atoms with E-state index in [0.717, 1.165) is 0 Å². The molecule has 0 saturated carbocycles. The van der Waals surface area contributed by atoms with E-state index in [1.54, 1.807) is 37.0 Å². The van der Waals surface area contributed by atoms with Gasteiger partial charge in [-0.2, -0.15) is 0 Å². The van der Waals surface area contributed by atoms with Crippen LogP contribution in [0.3, 0.4) is 0 Å². The van der Waals surface area contributed by atoms with E-state index in [1.165, 1.54) is 0 Å². The third-order valence-electron chi connectivity index (χ3n) is 1.40. The number of furan rings is 1. The lowest BCUT2D eigenvalue weighted by atomic mass is 10.5. The average Bonchev–Trinajstić information content (AvgIpc) is 2.69. The van der Waals surface area contributed by atoms with Gasteiger partial charge in [-0.15, -0.1) is 0 Å². The molecule has 2 heterocycles. The highest BCUT2D eigenvalue weighted by Gasteiger charge is 1.90. The second-order valence-corrected chi connectivity index (χ2v) is 2.32. The maximum absolute atomic E-state index is 5.05. The Morgan fingerprint density at radius 3 is 2.77 bits per heavy atom. The Morgan fingerprint density at radius 1 is 1.23 bits per heavy atom. The Kier molecular flexibility index (Phi) is 2.14. The quantitative estimate of drug-likeness (QED) is 0.651. The van der Waals surface area contributed by atoms with E-state index in [2.05, 4.69) is 15.0 Å². The van der Waals surface area contributed by atoms with Gasteiger partial charge in [-0.3, -0.25) is 0 Å². The number of nitrogens with zero attached hydrogens (tertiary/aromatic N) is 3. The molecule has 2 rings (SSSR count). The number of rotatable bonds is 2. The van der Waals surface area contributed by atoms with Crippen molar-refractivity contribution in [3.05, 3.63) is 42.6 Å². The summed E-state index contributed by atoms with van der Waals surface area (Å²) in [5.74, 6) is 1.12. The van der Waals surface area contributed by atoms with Crippen LogP contribution in [0.15, 0.2) is 46.3 Å². The molecule has 0 N–H and O–H groups in total. The van der Waals surface area contributed by atoms with Gasteiger partial charge in [0.25, 0.3) is 0 Å². The maximum atomic E-state index is 5.05. The number of aromatic nitrogens is 2. The van der Waals surface area contributed by atoms with E-state index >= 15 is 0 Å². The summed E-state index contributed by atoms with van der Waals surface area (Å²) in [7, 11) is 0. The maximum Gasteiger partial charge on any atom is 0.249 e. The number of aliphatic imine (C=N–C) groups is 1. The van der Waals surface area contributed by atoms with Crippen LogP contribution in [-0.2, 0) is 0 Å². The van der Waals surface area contributed by atoms with Crippen LogP contribution in [0.1, 0.15) is 5.76 Å². The first-order valence-corrected chi connectivity index (χ1v) is 3.80. The third kappa shape index (κ3) is 1.99. The highest BCUT2D eigenvalue weighted by atomic mass is 16.3. The molecular formula is C9H7N3O. The van der Waals surface area contributed by atoms with E-state index in [-0.39, 0.29) is 0 Å². The minimum absolute atomic E-state index is 0.430. The highest BCUT2D eigenvalue weighted by molar-refractivity contribution is 5.77. The molecule has 0 aliphatic carbocycles. The Bertz CT molecular complexity index is 381. The first-order chi connectivity index (χ1) is 6.45. The third-order valence-corrected chi connectivity index (χ3v) is 1.40. The lowest BCUT2D eigenvalue weighted by Crippen LogP contribution is -1.79. The van der Waals surface area contributed by atoms with Crippen molar-refractivity contribution < 1.29 is 4.42 Å². The minimum atomic E-state index is 0.430. The van der Waals surface area contributed by atoms with Crippen molar-refractivity contribution in [1.29, 1.82) is 0 Å². The van der Waals surface area contributed by atoms with Crippen molar-refractivity contribution in [1.82, 2.24) is 9.97 Å². The number of hydrogen-bond acceptors (Lipinski definition) is 4. The average molecular weight is 173 g/mol. The molecule has 0 radical (unpaired) electrons. The van der Waals surface area contributed by atoms with Gasteiger partial charge in [-0.05, 0) is 18.2 Å². The summed E-state index contributed by atoms with van der Waals surface area (Å²) in [6.07, 6.45) is 6.45. The van der Waals surface area contributed by atoms with Gasteiger partial charge in [0.2, 0.25) is 5.95 Å². The van der Waals surface area contributed by atoms with Crippen LogP contribution in [0.25, 0.3) is 0 Å². The Hall–Kier alpha value is -1.97. The zero-order valence-electron chi connectivity index (χ0n) is 6.79. The van der Waals surface area contributed by atoms with Crippen LogP contribution in [0, 0.1) is 0 Å². The Balaban J connectivity index is 2.15. The summed E-state index contributed by atoms with van der Waals surface area (Å²) >= 11 is 0. The molecule has 0 unspecified atom stereocenters. The van der Waals surface area contributed by atoms with Crippen LogP contribution >= 0.6 is 0 Å². The van der Waals surface area contributed by atoms with E-state index in [4.69, 9.17) is 4.42 Å². The summed E-state index contributed by atoms with van der Waals surface area (Å²) in [5, 5.41) is 0. The number of hydrogen-bond donors (Lipinski definition) is 0. The largest absolute Gasteiger partial charge is 0.463 e. The highest BCUT2D eigenvalue weighted by Crippen LogP contribution is 2.01. The molecule has 0 saturated heterocycles. The molecule has 2 aromatic rings. The van der Waals surface area contributed by atoms with Crippen molar-refractivity contribution in [2.24, 2.45) is 4.99 Å². The summed E-state index contributed by atoms with van der Waals surface area (Å²) < 4.78 is 5.05. The summed E-state index contributed by atoms with van der Waals surface area (Å²) in [6.45, 7) is 0. The van der Waals surface area contributed by atoms with Crippen LogP contribution < -0.4 is 0 Å². The molecule has 4 nitrogen and oxygen atoms in total. The molecule has 0 fully saturated rings. The van der Waals surface area contributed by atoms with E-state index < -0.39 is 0 Å². The molecule has 13 heavy (non-hydrogen) atoms. The molecule has 0 bridgehead atoms. The van der Waals surface area contributed by atoms with Gasteiger partial charge in [0.1, 0.15) is 5.76 Å². The zero-order valence-corrected chi connectivity index (χ0v) is 6.79. The van der Waals surface area contributed by atoms with Gasteiger partial charge >= 0.3 is 0 Å². The molecule has 0 atom stereocenters. The summed E-state index contributed by atoms with van der Waals surface area (Å²) in [6, 6.07) is 5.35. The summed E-state index contributed by atoms with van der Waals surface area (Å²) in [4.78, 5) is 11.9. The molecular weight excluding hydrogens is 166 g/mol. The van der Waals surface area contributed by atoms with Crippen LogP contribution in [0.2, 0.25) is 0 Å². The molecule has 4 heteroatoms. The van der Waals surface area contributed by atoms with Crippen LogP contribution in [0.5, 0.6) is 0 Å². The molecule has 0 aliphatic heterocycles. The first kappa shape index (κ1) is 7.67. The summed E-state index contributed by atoms with van der Waals surface area (Å²) in [5.41, 5.74) is 0. The lowest BCUT2D eigenvalue weighted by Gasteiger charge is -1.87. The van der Waals surface area contributed by atoms with Gasteiger partial charge < -0.3 is 4.42 Å². The molecule has 0 aromatic carbocycles. The fourth-order valence-corrected chi connectivity index (χ4v) is 0.844. The topological polar surface area (TPSA) is 51.3 Å². The van der Waals surface area contributed by atoms with Gasteiger partial charge in [-0.25, -0.2) is 15.0 Å². The fraction of sp³-hybridized carbons (Fsp3) is 0. The second kappa shape index (κ2) is 3.62. The first-order valence-electron chi connectivity index (χ1n) is 3.80. The fourth-order valence-electron chi connectivity index (χ4n) is 0.844. The van der Waals surface area contributed by atoms with Crippen LogP contribution in [0.4, 0.5) is 5.95 Å². The monoisotopic (exact) mass is 173 g/mol. The van der Waals surface area contributed by atoms with Gasteiger partial charge in [-0.1, -0.05) is 0 Å². The lowest BCUT2D eigenvalue weighted by molar-refractivity contribution is 0.560. The van der Waals surface area contributed by atoms with Crippen molar-refractivity contribution in [3.63, 3.8) is 0 Å². The molecule has 64 valence electrons. The normalized spacial score (nSPS) is 10.8. The predicted molar refractivity (Wildman–Crippen MR) is 48.0 cm³/mol. The smallest absolute Gasteiger partial charge is 0.249 e.